The molecule has 0 fully saturated rings. The number of aryl methyl sites for hydroxylation is 1. The van der Waals surface area contributed by atoms with E-state index in [0.29, 0.717) is 17.1 Å². The summed E-state index contributed by atoms with van der Waals surface area (Å²) in [6.45, 7) is 7.28. The number of aliphatic carboxylic acids is 1. The second-order valence-corrected chi connectivity index (χ2v) is 8.70. The maximum Gasteiger partial charge on any atom is 0.312 e. The van der Waals surface area contributed by atoms with E-state index in [4.69, 9.17) is 27.9 Å². The van der Waals surface area contributed by atoms with Crippen LogP contribution in [0.5, 0.6) is 11.5 Å². The van der Waals surface area contributed by atoms with Gasteiger partial charge in [-0.25, -0.2) is 0 Å². The molecule has 0 saturated carbocycles. The number of carboxylic acid groups (broad SMARTS) is 1. The monoisotopic (exact) mass is 445 g/mol. The Hall–Kier alpha value is -2.48. The Kier molecular flexibility index (Phi) is 7.95. The van der Waals surface area contributed by atoms with Crippen LogP contribution in [0, 0.1) is 35.5 Å². The first-order valence-corrected chi connectivity index (χ1v) is 10.4. The van der Waals surface area contributed by atoms with Crippen LogP contribution in [0.2, 0.25) is 0 Å². The van der Waals surface area contributed by atoms with Crippen LogP contribution in [0.1, 0.15) is 37.8 Å². The topological polar surface area (TPSA) is 70.3 Å². The van der Waals surface area contributed by atoms with Gasteiger partial charge in [-0.1, -0.05) is 79.9 Å². The van der Waals surface area contributed by atoms with Gasteiger partial charge in [-0.15, -0.1) is 0 Å². The maximum absolute atomic E-state index is 12.6. The molecule has 2 aromatic rings. The number of hydrogen-bond acceptors (Lipinski definition) is 3. The summed E-state index contributed by atoms with van der Waals surface area (Å²) in [5.41, 5.74) is 0.236. The normalized spacial score (nSPS) is 14.9. The smallest absolute Gasteiger partial charge is 0.312 e. The number of carbonyl (C=O) groups is 1. The number of nitriles is 1. The van der Waals surface area contributed by atoms with Gasteiger partial charge in [0.2, 0.25) is 0 Å². The Balaban J connectivity index is 2.54. The number of benzene rings is 2. The predicted octanol–water partition coefficient (Wildman–Crippen LogP) is 7.08. The second-order valence-electron chi connectivity index (χ2n) is 7.69. The van der Waals surface area contributed by atoms with Gasteiger partial charge in [-0.05, 0) is 48.6 Å². The van der Waals surface area contributed by atoms with Gasteiger partial charge in [0.05, 0.1) is 17.4 Å². The van der Waals surface area contributed by atoms with E-state index < -0.39 is 23.2 Å². The number of hydrogen-bond donors (Lipinski definition) is 1. The minimum atomic E-state index is -1.44. The van der Waals surface area contributed by atoms with Crippen molar-refractivity contribution in [1.29, 1.82) is 5.26 Å². The van der Waals surface area contributed by atoms with Gasteiger partial charge in [0, 0.05) is 0 Å². The third kappa shape index (κ3) is 4.98. The summed E-state index contributed by atoms with van der Waals surface area (Å²) in [5.74, 6) is -1.81. The van der Waals surface area contributed by atoms with Crippen LogP contribution in [-0.2, 0) is 4.79 Å². The van der Waals surface area contributed by atoms with E-state index in [9.17, 15) is 15.2 Å². The second kappa shape index (κ2) is 10.0. The molecule has 0 radical (unpaired) electrons. The summed E-state index contributed by atoms with van der Waals surface area (Å²) in [4.78, 5) is 12.6. The molecule has 3 atom stereocenters. The number of allylic oxidation sites excluding steroid dienone is 1. The summed E-state index contributed by atoms with van der Waals surface area (Å²) in [5, 5.41) is 20.3. The molecule has 0 aromatic heterocycles. The number of halogens is 2. The Labute approximate surface area is 187 Å². The summed E-state index contributed by atoms with van der Waals surface area (Å²) in [7, 11) is 0. The zero-order valence-electron chi connectivity index (χ0n) is 17.4. The van der Waals surface area contributed by atoms with Crippen molar-refractivity contribution in [3.05, 3.63) is 70.2 Å². The molecule has 0 aliphatic rings. The third-order valence-electron chi connectivity index (χ3n) is 5.51. The first-order valence-electron chi connectivity index (χ1n) is 9.63. The van der Waals surface area contributed by atoms with E-state index in [1.165, 1.54) is 6.08 Å². The predicted molar refractivity (Wildman–Crippen MR) is 120 cm³/mol. The fourth-order valence-corrected chi connectivity index (χ4v) is 4.35. The lowest BCUT2D eigenvalue weighted by Gasteiger charge is -2.41. The van der Waals surface area contributed by atoms with E-state index in [2.05, 4.69) is 6.07 Å². The number of nitrogens with zero attached hydrogens (tertiary/aromatic N) is 1. The lowest BCUT2D eigenvalue weighted by atomic mass is 9.59. The van der Waals surface area contributed by atoms with Crippen molar-refractivity contribution in [3.63, 3.8) is 0 Å². The zero-order chi connectivity index (χ0) is 22.5. The third-order valence-corrected chi connectivity index (χ3v) is 5.76. The summed E-state index contributed by atoms with van der Waals surface area (Å²) < 4.78 is 5.89. The van der Waals surface area contributed by atoms with Crippen molar-refractivity contribution in [2.45, 2.75) is 33.6 Å². The summed E-state index contributed by atoms with van der Waals surface area (Å²) in [6, 6.07) is 16.8. The van der Waals surface area contributed by atoms with Crippen molar-refractivity contribution in [2.24, 2.45) is 17.3 Å². The molecule has 6 heteroatoms. The van der Waals surface area contributed by atoms with Crippen molar-refractivity contribution in [1.82, 2.24) is 0 Å². The van der Waals surface area contributed by atoms with Gasteiger partial charge >= 0.3 is 5.97 Å². The molecule has 30 heavy (non-hydrogen) atoms. The largest absolute Gasteiger partial charge is 0.481 e. The van der Waals surface area contributed by atoms with E-state index >= 15 is 0 Å². The fraction of sp³-hybridized carbons (Fsp3) is 0.333. The lowest BCUT2D eigenvalue weighted by molar-refractivity contribution is -0.155. The molecular formula is C24H25Cl2NO3. The van der Waals surface area contributed by atoms with E-state index in [0.717, 1.165) is 5.56 Å². The van der Waals surface area contributed by atoms with Crippen molar-refractivity contribution in [3.8, 4) is 17.6 Å². The first-order chi connectivity index (χ1) is 14.1. The van der Waals surface area contributed by atoms with Crippen LogP contribution in [0.3, 0.4) is 0 Å². The lowest BCUT2D eigenvalue weighted by Crippen LogP contribution is -2.46. The highest BCUT2D eigenvalue weighted by atomic mass is 35.5. The molecule has 0 amide bonds. The molecule has 1 N–H and O–H groups in total. The SMILES string of the molecule is Cc1ccc(Oc2cccc(C(C#N)C(C(=O)O)(C(C)C)C(C)C=C(Cl)Cl)c2)cc1. The van der Waals surface area contributed by atoms with Gasteiger partial charge in [0.1, 0.15) is 16.0 Å². The Morgan fingerprint density at radius 3 is 2.27 bits per heavy atom. The van der Waals surface area contributed by atoms with Gasteiger partial charge in [-0.3, -0.25) is 4.79 Å². The van der Waals surface area contributed by atoms with Gasteiger partial charge in [0.25, 0.3) is 0 Å². The van der Waals surface area contributed by atoms with Crippen LogP contribution in [0.4, 0.5) is 0 Å². The Bertz CT molecular complexity index is 959. The molecule has 0 heterocycles. The van der Waals surface area contributed by atoms with E-state index in [1.54, 1.807) is 45.0 Å². The van der Waals surface area contributed by atoms with Crippen LogP contribution >= 0.6 is 23.2 Å². The van der Waals surface area contributed by atoms with Gasteiger partial charge < -0.3 is 9.84 Å². The van der Waals surface area contributed by atoms with E-state index in [1.807, 2.05) is 31.2 Å². The highest BCUT2D eigenvalue weighted by Crippen LogP contribution is 2.49. The number of carboxylic acids is 1. The summed E-state index contributed by atoms with van der Waals surface area (Å²) in [6.07, 6.45) is 1.48. The molecule has 0 saturated heterocycles. The zero-order valence-corrected chi connectivity index (χ0v) is 18.9. The fourth-order valence-electron chi connectivity index (χ4n) is 3.97. The van der Waals surface area contributed by atoms with Crippen molar-refractivity contribution < 1.29 is 14.6 Å². The molecule has 158 valence electrons. The first kappa shape index (κ1) is 23.8. The van der Waals surface area contributed by atoms with Gasteiger partial charge in [-0.2, -0.15) is 5.26 Å². The Morgan fingerprint density at radius 2 is 1.77 bits per heavy atom. The molecule has 0 aliphatic carbocycles. The van der Waals surface area contributed by atoms with Crippen LogP contribution in [-0.4, -0.2) is 11.1 Å². The molecular weight excluding hydrogens is 421 g/mol. The quantitative estimate of drug-likeness (QED) is 0.471. The highest BCUT2D eigenvalue weighted by Gasteiger charge is 2.53. The summed E-state index contributed by atoms with van der Waals surface area (Å²) >= 11 is 11.7. The minimum Gasteiger partial charge on any atom is -0.481 e. The molecule has 2 aromatic carbocycles. The van der Waals surface area contributed by atoms with Crippen LogP contribution in [0.25, 0.3) is 0 Å². The minimum absolute atomic E-state index is 0.0260. The molecule has 0 bridgehead atoms. The maximum atomic E-state index is 12.6. The van der Waals surface area contributed by atoms with Gasteiger partial charge in [0.15, 0.2) is 0 Å². The highest BCUT2D eigenvalue weighted by molar-refractivity contribution is 6.55. The van der Waals surface area contributed by atoms with Crippen molar-refractivity contribution in [2.75, 3.05) is 0 Å². The molecule has 0 spiro atoms. The standard InChI is InChI=1S/C24H25Cl2NO3/c1-15(2)24(23(28)29,17(4)12-22(25)26)21(14-27)18-6-5-7-20(13-18)30-19-10-8-16(3)9-11-19/h5-13,15,17,21H,1-4H3,(H,28,29). The number of ether oxygens (including phenoxy) is 1. The van der Waals surface area contributed by atoms with Crippen molar-refractivity contribution >= 4 is 29.2 Å². The molecule has 0 aliphatic heterocycles. The molecule has 3 unspecified atom stereocenters. The van der Waals surface area contributed by atoms with Crippen LogP contribution < -0.4 is 4.74 Å². The van der Waals surface area contributed by atoms with Crippen LogP contribution in [0.15, 0.2) is 59.1 Å². The molecule has 4 nitrogen and oxygen atoms in total. The average molecular weight is 446 g/mol. The van der Waals surface area contributed by atoms with E-state index in [-0.39, 0.29) is 10.4 Å². The number of rotatable bonds is 8. The average Bonchev–Trinajstić information content (AvgIpc) is 2.66. The Morgan fingerprint density at radius 1 is 1.13 bits per heavy atom. The molecule has 2 rings (SSSR count).